The predicted octanol–water partition coefficient (Wildman–Crippen LogP) is 6.62. The number of esters is 1. The van der Waals surface area contributed by atoms with E-state index in [-0.39, 0.29) is 12.4 Å². The van der Waals surface area contributed by atoms with Crippen molar-refractivity contribution in [3.63, 3.8) is 0 Å². The van der Waals surface area contributed by atoms with Crippen LogP contribution >= 0.6 is 0 Å². The number of carbonyl (C=O) groups is 1. The van der Waals surface area contributed by atoms with E-state index in [4.69, 9.17) is 20.9 Å². The number of nitrogens with two attached hydrogens (primary N) is 2. The van der Waals surface area contributed by atoms with Crippen LogP contribution in [0, 0.1) is 11.8 Å². The van der Waals surface area contributed by atoms with E-state index in [1.165, 1.54) is 18.2 Å². The summed E-state index contributed by atoms with van der Waals surface area (Å²) in [6, 6.07) is 11.6. The minimum Gasteiger partial charge on any atom is -0.463 e. The van der Waals surface area contributed by atoms with Crippen LogP contribution in [0.1, 0.15) is 63.0 Å². The van der Waals surface area contributed by atoms with Gasteiger partial charge in [0.05, 0.1) is 12.5 Å². The lowest BCUT2D eigenvalue weighted by molar-refractivity contribution is -0.223. The highest BCUT2D eigenvalue weighted by Crippen LogP contribution is 2.41. The molecule has 2 aromatic rings. The molecule has 0 saturated heterocycles. The van der Waals surface area contributed by atoms with Gasteiger partial charge in [0.25, 0.3) is 0 Å². The first-order valence-electron chi connectivity index (χ1n) is 12.4. The number of nitrogen functional groups attached to an aromatic ring is 2. The minimum absolute atomic E-state index is 0.118. The fourth-order valence-electron chi connectivity index (χ4n) is 4.57. The molecular formula is C28H36F2N2O3. The average Bonchev–Trinajstić information content (AvgIpc) is 2.83. The molecule has 0 heterocycles. The standard InChI is InChI=1S/C28H36F2N2O3/c1-2-4-20-6-12-23(13-7-20)28(29,30)35-25-15-8-21(9-16-25)10-17-27(33)34-18-3-5-22-11-14-24(31)19-26(22)32/h8-11,14-17,19-20,23H,2-7,12-13,18,31-32H2,1H3/b17-10+. The van der Waals surface area contributed by atoms with Gasteiger partial charge in [0.15, 0.2) is 0 Å². The van der Waals surface area contributed by atoms with Crippen molar-refractivity contribution in [1.82, 2.24) is 0 Å². The maximum absolute atomic E-state index is 14.6. The van der Waals surface area contributed by atoms with Crippen LogP contribution in [0.15, 0.2) is 48.5 Å². The molecule has 1 saturated carbocycles. The number of carbonyl (C=O) groups excluding carboxylic acids is 1. The third kappa shape index (κ3) is 8.26. The summed E-state index contributed by atoms with van der Waals surface area (Å²) in [4.78, 5) is 12.0. The zero-order valence-corrected chi connectivity index (χ0v) is 20.4. The van der Waals surface area contributed by atoms with Crippen LogP contribution in [0.5, 0.6) is 5.75 Å². The molecule has 3 rings (SSSR count). The Bertz CT molecular complexity index is 984. The molecule has 1 aliphatic rings. The number of hydrogen-bond donors (Lipinski definition) is 2. The zero-order valence-electron chi connectivity index (χ0n) is 20.4. The summed E-state index contributed by atoms with van der Waals surface area (Å²) in [7, 11) is 0. The fourth-order valence-corrected chi connectivity index (χ4v) is 4.57. The Morgan fingerprint density at radius 1 is 1.09 bits per heavy atom. The molecule has 35 heavy (non-hydrogen) atoms. The molecule has 5 nitrogen and oxygen atoms in total. The van der Waals surface area contributed by atoms with Crippen molar-refractivity contribution in [2.75, 3.05) is 18.1 Å². The highest BCUT2D eigenvalue weighted by Gasteiger charge is 2.43. The topological polar surface area (TPSA) is 87.6 Å². The molecule has 190 valence electrons. The highest BCUT2D eigenvalue weighted by molar-refractivity contribution is 5.87. The van der Waals surface area contributed by atoms with E-state index in [1.54, 1.807) is 30.3 Å². The second-order valence-electron chi connectivity index (χ2n) is 9.30. The maximum atomic E-state index is 14.6. The normalized spacial score (nSPS) is 18.5. The highest BCUT2D eigenvalue weighted by atomic mass is 19.3. The third-order valence-corrected chi connectivity index (χ3v) is 6.57. The Hall–Kier alpha value is -3.09. The van der Waals surface area contributed by atoms with E-state index < -0.39 is 18.0 Å². The number of rotatable bonds is 11. The van der Waals surface area contributed by atoms with Gasteiger partial charge < -0.3 is 20.9 Å². The molecule has 0 aliphatic heterocycles. The Morgan fingerprint density at radius 2 is 1.80 bits per heavy atom. The van der Waals surface area contributed by atoms with Crippen LogP contribution in [0.25, 0.3) is 6.08 Å². The minimum atomic E-state index is -3.19. The molecule has 0 amide bonds. The van der Waals surface area contributed by atoms with Gasteiger partial charge in [0.2, 0.25) is 0 Å². The van der Waals surface area contributed by atoms with Gasteiger partial charge in [-0.2, -0.15) is 8.78 Å². The van der Waals surface area contributed by atoms with E-state index in [0.717, 1.165) is 31.2 Å². The van der Waals surface area contributed by atoms with Crippen molar-refractivity contribution < 1.29 is 23.0 Å². The molecule has 1 fully saturated rings. The van der Waals surface area contributed by atoms with E-state index in [1.807, 2.05) is 6.07 Å². The number of aryl methyl sites for hydroxylation is 1. The Kier molecular flexibility index (Phi) is 9.52. The molecule has 2 aromatic carbocycles. The van der Waals surface area contributed by atoms with E-state index in [9.17, 15) is 13.6 Å². The van der Waals surface area contributed by atoms with Gasteiger partial charge in [-0.25, -0.2) is 4.79 Å². The van der Waals surface area contributed by atoms with E-state index in [2.05, 4.69) is 6.92 Å². The lowest BCUT2D eigenvalue weighted by Crippen LogP contribution is -2.37. The van der Waals surface area contributed by atoms with Crippen LogP contribution in [0.4, 0.5) is 20.2 Å². The van der Waals surface area contributed by atoms with Crippen molar-refractivity contribution in [3.05, 3.63) is 59.7 Å². The average molecular weight is 487 g/mol. The Labute approximate surface area is 206 Å². The van der Waals surface area contributed by atoms with Crippen molar-refractivity contribution in [3.8, 4) is 5.75 Å². The number of ether oxygens (including phenoxy) is 2. The van der Waals surface area contributed by atoms with Gasteiger partial charge in [-0.1, -0.05) is 38.0 Å². The van der Waals surface area contributed by atoms with Crippen molar-refractivity contribution in [1.29, 1.82) is 0 Å². The van der Waals surface area contributed by atoms with Crippen LogP contribution < -0.4 is 16.2 Å². The third-order valence-electron chi connectivity index (χ3n) is 6.57. The fraction of sp³-hybridized carbons (Fsp3) is 0.464. The summed E-state index contributed by atoms with van der Waals surface area (Å²) < 4.78 is 39.6. The first-order valence-corrected chi connectivity index (χ1v) is 12.4. The summed E-state index contributed by atoms with van der Waals surface area (Å²) in [6.45, 7) is 2.39. The smallest absolute Gasteiger partial charge is 0.400 e. The quantitative estimate of drug-likeness (QED) is 0.161. The Balaban J connectivity index is 1.41. The summed E-state index contributed by atoms with van der Waals surface area (Å²) >= 11 is 0. The molecular weight excluding hydrogens is 450 g/mol. The molecule has 0 bridgehead atoms. The van der Waals surface area contributed by atoms with Gasteiger partial charge in [-0.05, 0) is 85.9 Å². The largest absolute Gasteiger partial charge is 0.463 e. The van der Waals surface area contributed by atoms with Crippen molar-refractivity contribution in [2.45, 2.75) is 64.4 Å². The number of anilines is 2. The molecule has 4 N–H and O–H groups in total. The number of hydrogen-bond acceptors (Lipinski definition) is 5. The van der Waals surface area contributed by atoms with Gasteiger partial charge >= 0.3 is 12.1 Å². The van der Waals surface area contributed by atoms with Gasteiger partial charge in [-0.3, -0.25) is 0 Å². The lowest BCUT2D eigenvalue weighted by atomic mass is 9.79. The number of alkyl halides is 2. The van der Waals surface area contributed by atoms with E-state index >= 15 is 0 Å². The van der Waals surface area contributed by atoms with Crippen LogP contribution in [0.3, 0.4) is 0 Å². The van der Waals surface area contributed by atoms with E-state index in [0.29, 0.717) is 48.5 Å². The molecule has 0 unspecified atom stereocenters. The van der Waals surface area contributed by atoms with Crippen LogP contribution in [-0.4, -0.2) is 18.7 Å². The van der Waals surface area contributed by atoms with Crippen molar-refractivity contribution >= 4 is 23.4 Å². The van der Waals surface area contributed by atoms with Gasteiger partial charge in [-0.15, -0.1) is 0 Å². The van der Waals surface area contributed by atoms with Crippen molar-refractivity contribution in [2.24, 2.45) is 11.8 Å². The SMILES string of the molecule is CCCC1CCC(C(F)(F)Oc2ccc(/C=C/C(=O)OCCCc3ccc(N)cc3N)cc2)CC1. The monoisotopic (exact) mass is 486 g/mol. The molecule has 0 atom stereocenters. The summed E-state index contributed by atoms with van der Waals surface area (Å²) in [5.74, 6) is -0.540. The maximum Gasteiger partial charge on any atom is 0.400 e. The predicted molar refractivity (Wildman–Crippen MR) is 136 cm³/mol. The number of halogens is 2. The molecule has 0 radical (unpaired) electrons. The second kappa shape index (κ2) is 12.6. The molecule has 1 aliphatic carbocycles. The summed E-state index contributed by atoms with van der Waals surface area (Å²) in [5, 5.41) is 0. The van der Waals surface area contributed by atoms with Gasteiger partial charge in [0.1, 0.15) is 5.75 Å². The second-order valence-corrected chi connectivity index (χ2v) is 9.30. The lowest BCUT2D eigenvalue weighted by Gasteiger charge is -2.33. The van der Waals surface area contributed by atoms with Gasteiger partial charge in [0, 0.05) is 17.5 Å². The number of benzene rings is 2. The molecule has 0 spiro atoms. The molecule has 0 aromatic heterocycles. The summed E-state index contributed by atoms with van der Waals surface area (Å²) in [6.07, 6.45) is 5.90. The first kappa shape index (κ1) is 26.5. The Morgan fingerprint density at radius 3 is 2.46 bits per heavy atom. The van der Waals surface area contributed by atoms with Crippen LogP contribution in [0.2, 0.25) is 0 Å². The summed E-state index contributed by atoms with van der Waals surface area (Å²) in [5.41, 5.74) is 14.5. The molecule has 7 heteroatoms. The first-order chi connectivity index (χ1) is 16.8. The zero-order chi connectivity index (χ0) is 25.3. The van der Waals surface area contributed by atoms with Crippen LogP contribution in [-0.2, 0) is 16.0 Å².